The summed E-state index contributed by atoms with van der Waals surface area (Å²) in [5.74, 6) is -0.153. The second-order valence-corrected chi connectivity index (χ2v) is 3.11. The number of furan rings is 1. The SMILES string of the molecule is COCNC(=O)c1ccc2occc2c1. The molecule has 2 rings (SSSR count). The number of carbonyl (C=O) groups is 1. The average molecular weight is 205 g/mol. The molecule has 1 aromatic heterocycles. The lowest BCUT2D eigenvalue weighted by Gasteiger charge is -2.03. The number of methoxy groups -OCH3 is 1. The fourth-order valence-electron chi connectivity index (χ4n) is 1.35. The number of fused-ring (bicyclic) bond motifs is 1. The van der Waals surface area contributed by atoms with Crippen LogP contribution < -0.4 is 5.32 Å². The Morgan fingerprint density at radius 3 is 3.13 bits per heavy atom. The van der Waals surface area contributed by atoms with E-state index >= 15 is 0 Å². The Bertz CT molecular complexity index is 475. The number of benzene rings is 1. The molecule has 1 aromatic carbocycles. The Balaban J connectivity index is 2.23. The zero-order valence-electron chi connectivity index (χ0n) is 8.32. The van der Waals surface area contributed by atoms with Crippen LogP contribution in [0.15, 0.2) is 34.9 Å². The zero-order valence-corrected chi connectivity index (χ0v) is 8.32. The lowest BCUT2D eigenvalue weighted by atomic mass is 10.1. The summed E-state index contributed by atoms with van der Waals surface area (Å²) in [6, 6.07) is 7.10. The van der Waals surface area contributed by atoms with Crippen molar-refractivity contribution in [3.05, 3.63) is 36.1 Å². The van der Waals surface area contributed by atoms with Gasteiger partial charge in [-0.05, 0) is 24.3 Å². The fraction of sp³-hybridized carbons (Fsp3) is 0.182. The first-order valence-electron chi connectivity index (χ1n) is 4.55. The third kappa shape index (κ3) is 1.99. The molecule has 0 aliphatic carbocycles. The monoisotopic (exact) mass is 205 g/mol. The third-order valence-corrected chi connectivity index (χ3v) is 2.09. The first-order chi connectivity index (χ1) is 7.31. The minimum Gasteiger partial charge on any atom is -0.464 e. The van der Waals surface area contributed by atoms with Crippen molar-refractivity contribution in [1.29, 1.82) is 0 Å². The molecule has 0 fully saturated rings. The van der Waals surface area contributed by atoms with Gasteiger partial charge in [0.2, 0.25) is 0 Å². The van der Waals surface area contributed by atoms with Crippen LogP contribution in [0.3, 0.4) is 0 Å². The first-order valence-corrected chi connectivity index (χ1v) is 4.55. The van der Waals surface area contributed by atoms with Crippen LogP contribution in [-0.2, 0) is 4.74 Å². The maximum atomic E-state index is 11.5. The van der Waals surface area contributed by atoms with E-state index in [0.717, 1.165) is 11.0 Å². The molecule has 78 valence electrons. The van der Waals surface area contributed by atoms with Crippen molar-refractivity contribution in [1.82, 2.24) is 5.32 Å². The van der Waals surface area contributed by atoms with Crippen LogP contribution in [0.25, 0.3) is 11.0 Å². The van der Waals surface area contributed by atoms with Crippen molar-refractivity contribution in [3.63, 3.8) is 0 Å². The normalized spacial score (nSPS) is 10.5. The highest BCUT2D eigenvalue weighted by Gasteiger charge is 2.06. The third-order valence-electron chi connectivity index (χ3n) is 2.09. The number of ether oxygens (including phenoxy) is 1. The van der Waals surface area contributed by atoms with E-state index in [2.05, 4.69) is 5.32 Å². The Morgan fingerprint density at radius 1 is 1.47 bits per heavy atom. The molecule has 0 unspecified atom stereocenters. The highest BCUT2D eigenvalue weighted by molar-refractivity contribution is 5.97. The van der Waals surface area contributed by atoms with Crippen molar-refractivity contribution in [3.8, 4) is 0 Å². The molecular formula is C11H11NO3. The summed E-state index contributed by atoms with van der Waals surface area (Å²) in [6.07, 6.45) is 1.60. The summed E-state index contributed by atoms with van der Waals surface area (Å²) in [6.45, 7) is 0.211. The summed E-state index contributed by atoms with van der Waals surface area (Å²) in [4.78, 5) is 11.5. The van der Waals surface area contributed by atoms with Gasteiger partial charge in [0.15, 0.2) is 0 Å². The molecule has 0 atom stereocenters. The summed E-state index contributed by atoms with van der Waals surface area (Å²) in [5.41, 5.74) is 1.37. The minimum absolute atomic E-state index is 0.153. The topological polar surface area (TPSA) is 51.5 Å². The summed E-state index contributed by atoms with van der Waals surface area (Å²) >= 11 is 0. The lowest BCUT2D eigenvalue weighted by Crippen LogP contribution is -2.25. The summed E-state index contributed by atoms with van der Waals surface area (Å²) in [5, 5.41) is 3.53. The van der Waals surface area contributed by atoms with Crippen molar-refractivity contribution in [2.75, 3.05) is 13.8 Å². The fourth-order valence-corrected chi connectivity index (χ4v) is 1.35. The molecule has 0 saturated carbocycles. The van der Waals surface area contributed by atoms with E-state index in [9.17, 15) is 4.79 Å². The van der Waals surface area contributed by atoms with Crippen LogP contribution >= 0.6 is 0 Å². The molecule has 0 aliphatic heterocycles. The molecular weight excluding hydrogens is 194 g/mol. The Labute approximate surface area is 86.8 Å². The van der Waals surface area contributed by atoms with Crippen molar-refractivity contribution in [2.24, 2.45) is 0 Å². The van der Waals surface area contributed by atoms with Crippen molar-refractivity contribution in [2.45, 2.75) is 0 Å². The molecule has 1 amide bonds. The van der Waals surface area contributed by atoms with Gasteiger partial charge in [-0.25, -0.2) is 0 Å². The summed E-state index contributed by atoms with van der Waals surface area (Å²) < 4.78 is 9.93. The number of rotatable bonds is 3. The van der Waals surface area contributed by atoms with Gasteiger partial charge in [-0.15, -0.1) is 0 Å². The molecule has 1 N–H and O–H groups in total. The Hall–Kier alpha value is -1.81. The second kappa shape index (κ2) is 4.14. The van der Waals surface area contributed by atoms with Crippen LogP contribution in [0.4, 0.5) is 0 Å². The number of hydrogen-bond acceptors (Lipinski definition) is 3. The van der Waals surface area contributed by atoms with Crippen LogP contribution in [0, 0.1) is 0 Å². The van der Waals surface area contributed by atoms with Crippen molar-refractivity contribution >= 4 is 16.9 Å². The quantitative estimate of drug-likeness (QED) is 0.777. The Kier molecular flexibility index (Phi) is 2.69. The van der Waals surface area contributed by atoms with Gasteiger partial charge >= 0.3 is 0 Å². The predicted octanol–water partition coefficient (Wildman–Crippen LogP) is 1.77. The van der Waals surface area contributed by atoms with Gasteiger partial charge in [-0.1, -0.05) is 0 Å². The maximum absolute atomic E-state index is 11.5. The Morgan fingerprint density at radius 2 is 2.33 bits per heavy atom. The predicted molar refractivity (Wildman–Crippen MR) is 55.6 cm³/mol. The van der Waals surface area contributed by atoms with Crippen LogP contribution in [0.2, 0.25) is 0 Å². The first kappa shape index (κ1) is 9.73. The van der Waals surface area contributed by atoms with Gasteiger partial charge in [-0.3, -0.25) is 4.79 Å². The lowest BCUT2D eigenvalue weighted by molar-refractivity contribution is 0.0872. The largest absolute Gasteiger partial charge is 0.464 e. The maximum Gasteiger partial charge on any atom is 0.253 e. The second-order valence-electron chi connectivity index (χ2n) is 3.11. The van der Waals surface area contributed by atoms with Gasteiger partial charge in [0.05, 0.1) is 6.26 Å². The number of nitrogens with one attached hydrogen (secondary N) is 1. The molecule has 1 heterocycles. The average Bonchev–Trinajstić information content (AvgIpc) is 2.72. The standard InChI is InChI=1S/C11H11NO3/c1-14-7-12-11(13)9-2-3-10-8(6-9)4-5-15-10/h2-6H,7H2,1H3,(H,12,13). The molecule has 0 saturated heterocycles. The van der Waals surface area contributed by atoms with E-state index in [-0.39, 0.29) is 12.6 Å². The number of amides is 1. The van der Waals surface area contributed by atoms with E-state index in [0.29, 0.717) is 5.56 Å². The van der Waals surface area contributed by atoms with E-state index in [1.807, 2.05) is 6.07 Å². The minimum atomic E-state index is -0.153. The van der Waals surface area contributed by atoms with Gasteiger partial charge in [0.1, 0.15) is 12.3 Å². The zero-order chi connectivity index (χ0) is 10.7. The number of hydrogen-bond donors (Lipinski definition) is 1. The highest BCUT2D eigenvalue weighted by atomic mass is 16.5. The highest BCUT2D eigenvalue weighted by Crippen LogP contribution is 2.16. The number of carbonyl (C=O) groups excluding carboxylic acids is 1. The van der Waals surface area contributed by atoms with Crippen LogP contribution in [0.5, 0.6) is 0 Å². The molecule has 0 radical (unpaired) electrons. The molecule has 2 aromatic rings. The van der Waals surface area contributed by atoms with E-state index < -0.39 is 0 Å². The molecule has 4 heteroatoms. The van der Waals surface area contributed by atoms with Gasteiger partial charge in [0.25, 0.3) is 5.91 Å². The van der Waals surface area contributed by atoms with E-state index in [1.54, 1.807) is 24.5 Å². The van der Waals surface area contributed by atoms with E-state index in [1.165, 1.54) is 7.11 Å². The van der Waals surface area contributed by atoms with Crippen molar-refractivity contribution < 1.29 is 13.9 Å². The van der Waals surface area contributed by atoms with Gasteiger partial charge in [-0.2, -0.15) is 0 Å². The molecule has 4 nitrogen and oxygen atoms in total. The van der Waals surface area contributed by atoms with Gasteiger partial charge < -0.3 is 14.5 Å². The molecule has 15 heavy (non-hydrogen) atoms. The van der Waals surface area contributed by atoms with Crippen LogP contribution in [-0.4, -0.2) is 19.7 Å². The molecule has 0 bridgehead atoms. The smallest absolute Gasteiger partial charge is 0.253 e. The molecule has 0 spiro atoms. The van der Waals surface area contributed by atoms with E-state index in [4.69, 9.17) is 9.15 Å². The summed E-state index contributed by atoms with van der Waals surface area (Å²) in [7, 11) is 1.53. The van der Waals surface area contributed by atoms with Gasteiger partial charge in [0, 0.05) is 18.1 Å². The molecule has 0 aliphatic rings. The van der Waals surface area contributed by atoms with Crippen LogP contribution in [0.1, 0.15) is 10.4 Å².